The molecule has 1 aromatic rings. The Labute approximate surface area is 156 Å². The first-order chi connectivity index (χ1) is 10.6. The van der Waals surface area contributed by atoms with Crippen LogP contribution < -0.4 is 10.6 Å². The third-order valence-electron chi connectivity index (χ3n) is 3.50. The molecule has 0 heterocycles. The first-order valence-electron chi connectivity index (χ1n) is 7.64. The summed E-state index contributed by atoms with van der Waals surface area (Å²) in [7, 11) is 3.17. The largest absolute Gasteiger partial charge is 0.469 e. The van der Waals surface area contributed by atoms with Crippen LogP contribution in [0, 0.1) is 13.8 Å². The zero-order valence-corrected chi connectivity index (χ0v) is 16.8. The lowest BCUT2D eigenvalue weighted by molar-refractivity contribution is -0.140. The molecule has 130 valence electrons. The van der Waals surface area contributed by atoms with Crippen LogP contribution in [-0.4, -0.2) is 32.6 Å². The molecule has 0 aliphatic carbocycles. The molecule has 0 amide bonds. The van der Waals surface area contributed by atoms with E-state index < -0.39 is 0 Å². The smallest absolute Gasteiger partial charge is 0.305 e. The number of ether oxygens (including phenoxy) is 1. The van der Waals surface area contributed by atoms with Gasteiger partial charge in [0.1, 0.15) is 0 Å². The summed E-state index contributed by atoms with van der Waals surface area (Å²) in [5.41, 5.74) is 3.81. The van der Waals surface area contributed by atoms with Gasteiger partial charge >= 0.3 is 5.97 Å². The Morgan fingerprint density at radius 2 is 1.96 bits per heavy atom. The van der Waals surface area contributed by atoms with Crippen molar-refractivity contribution in [1.29, 1.82) is 0 Å². The number of methoxy groups -OCH3 is 1. The minimum absolute atomic E-state index is 0. The molecule has 2 N–H and O–H groups in total. The second-order valence-corrected chi connectivity index (χ2v) is 5.32. The van der Waals surface area contributed by atoms with E-state index in [1.165, 1.54) is 23.8 Å². The number of halogens is 1. The van der Waals surface area contributed by atoms with E-state index in [4.69, 9.17) is 0 Å². The van der Waals surface area contributed by atoms with Gasteiger partial charge in [-0.05, 0) is 37.8 Å². The van der Waals surface area contributed by atoms with E-state index in [-0.39, 0.29) is 29.9 Å². The third kappa shape index (κ3) is 8.78. The van der Waals surface area contributed by atoms with E-state index in [0.717, 1.165) is 31.9 Å². The number of aliphatic imine (C=N–C) groups is 1. The number of hydrogen-bond acceptors (Lipinski definition) is 3. The van der Waals surface area contributed by atoms with Crippen molar-refractivity contribution in [2.75, 3.05) is 20.7 Å². The number of rotatable bonds is 7. The van der Waals surface area contributed by atoms with Gasteiger partial charge in [-0.3, -0.25) is 9.79 Å². The zero-order chi connectivity index (χ0) is 16.4. The monoisotopic (exact) mass is 433 g/mol. The van der Waals surface area contributed by atoms with Gasteiger partial charge in [0.15, 0.2) is 5.96 Å². The van der Waals surface area contributed by atoms with E-state index in [1.807, 2.05) is 0 Å². The van der Waals surface area contributed by atoms with Crippen molar-refractivity contribution in [1.82, 2.24) is 10.6 Å². The number of nitrogens with zero attached hydrogens (tertiary/aromatic N) is 1. The van der Waals surface area contributed by atoms with Gasteiger partial charge in [0, 0.05) is 26.6 Å². The number of nitrogens with one attached hydrogen (secondary N) is 2. The van der Waals surface area contributed by atoms with Crippen LogP contribution in [0.3, 0.4) is 0 Å². The van der Waals surface area contributed by atoms with E-state index in [9.17, 15) is 4.79 Å². The maximum atomic E-state index is 11.0. The molecule has 0 fully saturated rings. The maximum absolute atomic E-state index is 11.0. The van der Waals surface area contributed by atoms with Crippen LogP contribution in [0.1, 0.15) is 36.0 Å². The highest BCUT2D eigenvalue weighted by Gasteiger charge is 2.02. The summed E-state index contributed by atoms with van der Waals surface area (Å²) < 4.78 is 4.61. The average molecular weight is 433 g/mol. The molecule has 0 aliphatic rings. The lowest BCUT2D eigenvalue weighted by Gasteiger charge is -2.13. The number of hydrogen-bond donors (Lipinski definition) is 2. The molecule has 5 nitrogen and oxygen atoms in total. The molecule has 0 atom stereocenters. The van der Waals surface area contributed by atoms with Crippen LogP contribution in [0.15, 0.2) is 23.2 Å². The topological polar surface area (TPSA) is 62.7 Å². The predicted molar refractivity (Wildman–Crippen MR) is 105 cm³/mol. The summed E-state index contributed by atoms with van der Waals surface area (Å²) in [5.74, 6) is 0.621. The molecule has 0 bridgehead atoms. The Bertz CT molecular complexity index is 519. The fraction of sp³-hybridized carbons (Fsp3) is 0.529. The van der Waals surface area contributed by atoms with Crippen LogP contribution in [0.4, 0.5) is 0 Å². The molecule has 0 spiro atoms. The van der Waals surface area contributed by atoms with Crippen molar-refractivity contribution in [3.63, 3.8) is 0 Å². The van der Waals surface area contributed by atoms with Gasteiger partial charge in [-0.15, -0.1) is 24.0 Å². The lowest BCUT2D eigenvalue weighted by Crippen LogP contribution is -2.37. The molecule has 0 saturated heterocycles. The van der Waals surface area contributed by atoms with E-state index in [0.29, 0.717) is 6.42 Å². The van der Waals surface area contributed by atoms with Gasteiger partial charge in [0.25, 0.3) is 0 Å². The van der Waals surface area contributed by atoms with Crippen LogP contribution in [0.2, 0.25) is 0 Å². The Hall–Kier alpha value is -1.31. The molecule has 1 rings (SSSR count). The second kappa shape index (κ2) is 12.2. The Morgan fingerprint density at radius 1 is 1.22 bits per heavy atom. The Balaban J connectivity index is 0.00000484. The van der Waals surface area contributed by atoms with Crippen molar-refractivity contribution in [3.8, 4) is 0 Å². The fourth-order valence-corrected chi connectivity index (χ4v) is 2.15. The van der Waals surface area contributed by atoms with Gasteiger partial charge in [0.2, 0.25) is 0 Å². The average Bonchev–Trinajstić information content (AvgIpc) is 2.51. The summed E-state index contributed by atoms with van der Waals surface area (Å²) >= 11 is 0. The van der Waals surface area contributed by atoms with Gasteiger partial charge in [-0.25, -0.2) is 0 Å². The van der Waals surface area contributed by atoms with Crippen molar-refractivity contribution < 1.29 is 9.53 Å². The van der Waals surface area contributed by atoms with Crippen LogP contribution in [0.25, 0.3) is 0 Å². The van der Waals surface area contributed by atoms with Crippen molar-refractivity contribution in [2.45, 2.75) is 39.7 Å². The first-order valence-corrected chi connectivity index (χ1v) is 7.64. The molecule has 6 heteroatoms. The minimum atomic E-state index is -0.155. The molecule has 0 unspecified atom stereocenters. The van der Waals surface area contributed by atoms with Gasteiger partial charge < -0.3 is 15.4 Å². The van der Waals surface area contributed by atoms with Gasteiger partial charge in [-0.1, -0.05) is 23.8 Å². The number of unbranched alkanes of at least 4 members (excludes halogenated alkanes) is 1. The molecule has 0 aliphatic heterocycles. The predicted octanol–water partition coefficient (Wildman–Crippen LogP) is 2.93. The Kier molecular flexibility index (Phi) is 11.5. The van der Waals surface area contributed by atoms with Crippen LogP contribution in [0.5, 0.6) is 0 Å². The number of benzene rings is 1. The summed E-state index contributed by atoms with van der Waals surface area (Å²) in [4.78, 5) is 15.2. The number of carbonyl (C=O) groups excluding carboxylic acids is 1. The van der Waals surface area contributed by atoms with E-state index in [1.54, 1.807) is 7.05 Å². The van der Waals surface area contributed by atoms with Crippen LogP contribution >= 0.6 is 24.0 Å². The highest BCUT2D eigenvalue weighted by atomic mass is 127. The molecule has 0 radical (unpaired) electrons. The molecule has 1 aromatic carbocycles. The highest BCUT2D eigenvalue weighted by Crippen LogP contribution is 2.09. The molecular weight excluding hydrogens is 405 g/mol. The summed E-state index contributed by atoms with van der Waals surface area (Å²) in [6.45, 7) is 5.74. The summed E-state index contributed by atoms with van der Waals surface area (Å²) in [5, 5.41) is 6.55. The highest BCUT2D eigenvalue weighted by molar-refractivity contribution is 14.0. The van der Waals surface area contributed by atoms with E-state index in [2.05, 4.69) is 52.4 Å². The minimum Gasteiger partial charge on any atom is -0.469 e. The number of carbonyl (C=O) groups is 1. The molecule has 23 heavy (non-hydrogen) atoms. The molecule has 0 aromatic heterocycles. The number of guanidine groups is 1. The standard InChI is InChI=1S/C17H27N3O2.HI/c1-13-8-9-15(14(2)11-13)12-20-17(18-3)19-10-6-5-7-16(21)22-4;/h8-9,11H,5-7,10,12H2,1-4H3,(H2,18,19,20);1H. The van der Waals surface area contributed by atoms with E-state index >= 15 is 0 Å². The van der Waals surface area contributed by atoms with Gasteiger partial charge in [-0.2, -0.15) is 0 Å². The molecule has 0 saturated carbocycles. The van der Waals surface area contributed by atoms with Crippen molar-refractivity contribution >= 4 is 35.9 Å². The fourth-order valence-electron chi connectivity index (χ4n) is 2.15. The van der Waals surface area contributed by atoms with Crippen LogP contribution in [-0.2, 0) is 16.1 Å². The van der Waals surface area contributed by atoms with Crippen molar-refractivity contribution in [2.24, 2.45) is 4.99 Å². The lowest BCUT2D eigenvalue weighted by atomic mass is 10.1. The summed E-state index contributed by atoms with van der Waals surface area (Å²) in [6, 6.07) is 6.44. The Morgan fingerprint density at radius 3 is 2.57 bits per heavy atom. The van der Waals surface area contributed by atoms with Crippen molar-refractivity contribution in [3.05, 3.63) is 34.9 Å². The summed E-state index contributed by atoms with van der Waals surface area (Å²) in [6.07, 6.45) is 2.18. The second-order valence-electron chi connectivity index (χ2n) is 5.32. The van der Waals surface area contributed by atoms with Gasteiger partial charge in [0.05, 0.1) is 7.11 Å². The SMILES string of the molecule is CN=C(NCCCCC(=O)OC)NCc1ccc(C)cc1C.I. The first kappa shape index (κ1) is 21.7. The number of aryl methyl sites for hydroxylation is 2. The quantitative estimate of drug-likeness (QED) is 0.228. The normalized spacial score (nSPS) is 10.7. The maximum Gasteiger partial charge on any atom is 0.305 e. The number of esters is 1. The zero-order valence-electron chi connectivity index (χ0n) is 14.4. The third-order valence-corrected chi connectivity index (χ3v) is 3.50. The molecular formula is C17H28IN3O2.